The van der Waals surface area contributed by atoms with E-state index < -0.39 is 38.5 Å². The molecule has 2 heterocycles. The van der Waals surface area contributed by atoms with Crippen LogP contribution in [0.3, 0.4) is 0 Å². The normalized spacial score (nSPS) is 16.4. The highest BCUT2D eigenvalue weighted by Crippen LogP contribution is 2.25. The van der Waals surface area contributed by atoms with Gasteiger partial charge in [-0.1, -0.05) is 18.2 Å². The number of nitrogens with zero attached hydrogens (tertiary/aromatic N) is 2. The second-order valence-corrected chi connectivity index (χ2v) is 8.71. The number of halogens is 1. The van der Waals surface area contributed by atoms with Gasteiger partial charge in [0, 0.05) is 29.6 Å². The number of benzene rings is 1. The summed E-state index contributed by atoms with van der Waals surface area (Å²) in [6.07, 6.45) is 6.54. The van der Waals surface area contributed by atoms with Crippen LogP contribution < -0.4 is 31.9 Å². The van der Waals surface area contributed by atoms with Gasteiger partial charge in [0.15, 0.2) is 0 Å². The van der Waals surface area contributed by atoms with Crippen molar-refractivity contribution in [3.63, 3.8) is 0 Å². The van der Waals surface area contributed by atoms with E-state index in [1.165, 1.54) is 12.1 Å². The Morgan fingerprint density at radius 3 is 2.66 bits per heavy atom. The summed E-state index contributed by atoms with van der Waals surface area (Å²) in [5, 5.41) is 5.68. The first kappa shape index (κ1) is 21.8. The van der Waals surface area contributed by atoms with Gasteiger partial charge in [-0.05, 0) is 30.7 Å². The number of rotatable bonds is 5. The van der Waals surface area contributed by atoms with Gasteiger partial charge in [0.05, 0.1) is 11.6 Å². The zero-order chi connectivity index (χ0) is 23.0. The van der Waals surface area contributed by atoms with Crippen LogP contribution in [0.2, 0.25) is 0 Å². The Kier molecular flexibility index (Phi) is 5.63. The summed E-state index contributed by atoms with van der Waals surface area (Å²) in [4.78, 5) is 20.1. The fourth-order valence-electron chi connectivity index (χ4n) is 3.61. The van der Waals surface area contributed by atoms with Gasteiger partial charge < -0.3 is 14.9 Å². The SMILES string of the molecule is Cc1c(C(N)c2cccc(S(N)(=O)=O)c2F)c(=O)oc2c1=CCC(Oc1ncccn1)C=2. The van der Waals surface area contributed by atoms with Crippen LogP contribution in [-0.2, 0) is 10.0 Å². The number of hydrogen-bond donors (Lipinski definition) is 2. The summed E-state index contributed by atoms with van der Waals surface area (Å²) in [6, 6.07) is 4.22. The van der Waals surface area contributed by atoms with Crippen LogP contribution in [0.15, 0.2) is 50.8 Å². The number of primary sulfonamides is 1. The second-order valence-electron chi connectivity index (χ2n) is 7.18. The molecule has 2 aromatic heterocycles. The third kappa shape index (κ3) is 4.05. The monoisotopic (exact) mass is 458 g/mol. The van der Waals surface area contributed by atoms with Crippen LogP contribution in [0.25, 0.3) is 12.2 Å². The maximum Gasteiger partial charge on any atom is 0.341 e. The maximum atomic E-state index is 14.9. The lowest BCUT2D eigenvalue weighted by atomic mass is 9.95. The van der Waals surface area contributed by atoms with E-state index in [1.807, 2.05) is 6.08 Å². The van der Waals surface area contributed by atoms with Crippen LogP contribution in [-0.4, -0.2) is 24.5 Å². The Hall–Kier alpha value is -3.41. The van der Waals surface area contributed by atoms with Crippen molar-refractivity contribution in [2.75, 3.05) is 0 Å². The molecule has 0 aliphatic heterocycles. The van der Waals surface area contributed by atoms with Crippen molar-refractivity contribution >= 4 is 22.2 Å². The summed E-state index contributed by atoms with van der Waals surface area (Å²) in [7, 11) is -4.31. The number of ether oxygens (including phenoxy) is 1. The fourth-order valence-corrected chi connectivity index (χ4v) is 4.24. The summed E-state index contributed by atoms with van der Waals surface area (Å²) in [5.74, 6) is -1.11. The molecule has 1 aromatic carbocycles. The molecule has 1 aliphatic rings. The maximum absolute atomic E-state index is 14.9. The van der Waals surface area contributed by atoms with Gasteiger partial charge in [0.25, 0.3) is 0 Å². The van der Waals surface area contributed by atoms with Gasteiger partial charge in [0.1, 0.15) is 22.2 Å². The molecule has 2 unspecified atom stereocenters. The van der Waals surface area contributed by atoms with Crippen molar-refractivity contribution in [1.29, 1.82) is 0 Å². The highest BCUT2D eigenvalue weighted by Gasteiger charge is 2.26. The van der Waals surface area contributed by atoms with Gasteiger partial charge in [-0.2, -0.15) is 0 Å². The van der Waals surface area contributed by atoms with Gasteiger partial charge >= 0.3 is 11.6 Å². The minimum absolute atomic E-state index is 0.0182. The molecule has 0 radical (unpaired) electrons. The molecule has 32 heavy (non-hydrogen) atoms. The van der Waals surface area contributed by atoms with E-state index in [9.17, 15) is 17.6 Å². The zero-order valence-electron chi connectivity index (χ0n) is 16.9. The molecule has 0 saturated carbocycles. The lowest BCUT2D eigenvalue weighted by Crippen LogP contribution is -2.40. The first-order chi connectivity index (χ1) is 15.2. The number of aromatic nitrogens is 2. The Labute approximate surface area is 181 Å². The highest BCUT2D eigenvalue weighted by atomic mass is 32.2. The Morgan fingerprint density at radius 1 is 1.25 bits per heavy atom. The van der Waals surface area contributed by atoms with Gasteiger partial charge in [-0.3, -0.25) is 0 Å². The van der Waals surface area contributed by atoms with Crippen molar-refractivity contribution in [2.24, 2.45) is 10.9 Å². The zero-order valence-corrected chi connectivity index (χ0v) is 17.7. The lowest BCUT2D eigenvalue weighted by molar-refractivity contribution is 0.245. The minimum Gasteiger partial charge on any atom is -0.455 e. The van der Waals surface area contributed by atoms with Crippen molar-refractivity contribution in [2.45, 2.75) is 30.4 Å². The first-order valence-corrected chi connectivity index (χ1v) is 11.1. The van der Waals surface area contributed by atoms with Crippen LogP contribution in [0, 0.1) is 12.7 Å². The average Bonchev–Trinajstić information content (AvgIpc) is 2.73. The Balaban J connectivity index is 1.76. The summed E-state index contributed by atoms with van der Waals surface area (Å²) in [6.45, 7) is 1.66. The molecule has 0 fully saturated rings. The molecule has 4 N–H and O–H groups in total. The molecule has 166 valence electrons. The fraction of sp³-hybridized carbons (Fsp3) is 0.190. The third-order valence-corrected chi connectivity index (χ3v) is 6.06. The van der Waals surface area contributed by atoms with Crippen LogP contribution in [0.4, 0.5) is 4.39 Å². The van der Waals surface area contributed by atoms with Crippen molar-refractivity contribution < 1.29 is 22.0 Å². The van der Waals surface area contributed by atoms with E-state index in [0.717, 1.165) is 6.07 Å². The van der Waals surface area contributed by atoms with E-state index in [4.69, 9.17) is 20.0 Å². The van der Waals surface area contributed by atoms with E-state index >= 15 is 0 Å². The van der Waals surface area contributed by atoms with Crippen molar-refractivity contribution in [3.05, 3.63) is 80.2 Å². The average molecular weight is 458 g/mol. The van der Waals surface area contributed by atoms with E-state index in [1.54, 1.807) is 31.5 Å². The Bertz CT molecular complexity index is 1470. The second kappa shape index (κ2) is 8.26. The molecule has 3 aromatic rings. The molecule has 0 saturated heterocycles. The molecule has 11 heteroatoms. The van der Waals surface area contributed by atoms with Crippen LogP contribution in [0.1, 0.15) is 29.2 Å². The molecule has 1 aliphatic carbocycles. The van der Waals surface area contributed by atoms with Gasteiger partial charge in [-0.15, -0.1) is 0 Å². The Morgan fingerprint density at radius 2 is 1.97 bits per heavy atom. The number of hydrogen-bond acceptors (Lipinski definition) is 8. The lowest BCUT2D eigenvalue weighted by Gasteiger charge is -2.18. The topological polar surface area (TPSA) is 151 Å². The van der Waals surface area contributed by atoms with E-state index in [0.29, 0.717) is 17.2 Å². The van der Waals surface area contributed by atoms with Crippen molar-refractivity contribution in [3.8, 4) is 6.01 Å². The van der Waals surface area contributed by atoms with E-state index in [2.05, 4.69) is 9.97 Å². The minimum atomic E-state index is -4.31. The molecule has 2 atom stereocenters. The molecule has 0 amide bonds. The molecule has 4 rings (SSSR count). The number of nitrogens with two attached hydrogens (primary N) is 2. The largest absolute Gasteiger partial charge is 0.455 e. The highest BCUT2D eigenvalue weighted by molar-refractivity contribution is 7.89. The molecule has 9 nitrogen and oxygen atoms in total. The van der Waals surface area contributed by atoms with Crippen LogP contribution >= 0.6 is 0 Å². The predicted octanol–water partition coefficient (Wildman–Crippen LogP) is -0.0149. The quantitative estimate of drug-likeness (QED) is 0.541. The third-order valence-electron chi connectivity index (χ3n) is 5.13. The number of fused-ring (bicyclic) bond motifs is 1. The predicted molar refractivity (Wildman–Crippen MR) is 113 cm³/mol. The molecule has 0 spiro atoms. The molecular formula is C21H19FN4O5S. The van der Waals surface area contributed by atoms with Gasteiger partial charge in [-0.25, -0.2) is 32.7 Å². The molecular weight excluding hydrogens is 439 g/mol. The summed E-state index contributed by atoms with van der Waals surface area (Å²) < 4.78 is 49.3. The molecule has 0 bridgehead atoms. The smallest absolute Gasteiger partial charge is 0.341 e. The summed E-state index contributed by atoms with van der Waals surface area (Å²) >= 11 is 0. The van der Waals surface area contributed by atoms with Crippen molar-refractivity contribution in [1.82, 2.24) is 9.97 Å². The summed E-state index contributed by atoms with van der Waals surface area (Å²) in [5.41, 5.74) is 6.04. The van der Waals surface area contributed by atoms with Gasteiger partial charge in [0.2, 0.25) is 10.0 Å². The first-order valence-electron chi connectivity index (χ1n) is 9.53. The number of sulfonamides is 1. The van der Waals surface area contributed by atoms with Crippen LogP contribution in [0.5, 0.6) is 6.01 Å². The van der Waals surface area contributed by atoms with E-state index in [-0.39, 0.29) is 22.6 Å². The standard InChI is InChI=1S/C21H19FN4O5S/c1-11-13-7-6-12(30-21-25-8-3-9-26-21)10-15(13)31-20(27)17(11)19(23)14-4-2-5-16(18(14)22)32(24,28)29/h2-5,7-10,12,19H,6,23H2,1H3,(H2,24,28,29).